The number of hydrogen-bond acceptors (Lipinski definition) is 4. The SMILES string of the molecule is COc1ccc(OC)c(NC(=S)NCCCn2nc(C(F)(F)F)c(Cl)c2C)c1. The predicted octanol–water partition coefficient (Wildman–Crippen LogP) is 4.26. The Morgan fingerprint density at radius 3 is 2.57 bits per heavy atom. The molecule has 1 aromatic heterocycles. The number of aryl methyl sites for hydroxylation is 1. The highest BCUT2D eigenvalue weighted by Crippen LogP contribution is 2.35. The molecule has 0 saturated carbocycles. The quantitative estimate of drug-likeness (QED) is 0.499. The highest BCUT2D eigenvalue weighted by molar-refractivity contribution is 7.80. The number of rotatable bonds is 7. The lowest BCUT2D eigenvalue weighted by molar-refractivity contribution is -0.141. The lowest BCUT2D eigenvalue weighted by Gasteiger charge is -2.14. The molecule has 1 heterocycles. The van der Waals surface area contributed by atoms with Gasteiger partial charge in [-0.1, -0.05) is 11.6 Å². The largest absolute Gasteiger partial charge is 0.497 e. The van der Waals surface area contributed by atoms with Crippen molar-refractivity contribution >= 4 is 34.6 Å². The van der Waals surface area contributed by atoms with Crippen molar-refractivity contribution in [1.82, 2.24) is 15.1 Å². The molecule has 0 amide bonds. The fourth-order valence-electron chi connectivity index (χ4n) is 2.43. The topological polar surface area (TPSA) is 60.3 Å². The Hall–Kier alpha value is -2.20. The standard InChI is InChI=1S/C17H20ClF3N4O2S/c1-10-14(18)15(17(19,20)21)24-25(10)8-4-7-22-16(28)23-12-9-11(26-2)5-6-13(12)27-3/h5-6,9H,4,7-8H2,1-3H3,(H2,22,23,28). The van der Waals surface area contributed by atoms with Gasteiger partial charge in [-0.15, -0.1) is 0 Å². The van der Waals surface area contributed by atoms with Crippen LogP contribution in [0.1, 0.15) is 17.8 Å². The maximum atomic E-state index is 12.8. The van der Waals surface area contributed by atoms with Gasteiger partial charge in [0.25, 0.3) is 0 Å². The molecule has 0 bridgehead atoms. The Morgan fingerprint density at radius 2 is 2.00 bits per heavy atom. The van der Waals surface area contributed by atoms with E-state index < -0.39 is 11.9 Å². The van der Waals surface area contributed by atoms with E-state index >= 15 is 0 Å². The van der Waals surface area contributed by atoms with Gasteiger partial charge in [-0.3, -0.25) is 4.68 Å². The predicted molar refractivity (Wildman–Crippen MR) is 105 cm³/mol. The molecular formula is C17H20ClF3N4O2S. The third-order valence-electron chi connectivity index (χ3n) is 3.89. The van der Waals surface area contributed by atoms with Crippen LogP contribution in [0.2, 0.25) is 5.02 Å². The van der Waals surface area contributed by atoms with E-state index in [2.05, 4.69) is 15.7 Å². The molecule has 0 spiro atoms. The highest BCUT2D eigenvalue weighted by atomic mass is 35.5. The summed E-state index contributed by atoms with van der Waals surface area (Å²) in [5.41, 5.74) is -0.165. The summed E-state index contributed by atoms with van der Waals surface area (Å²) < 4.78 is 50.2. The maximum Gasteiger partial charge on any atom is 0.436 e. The minimum absolute atomic E-state index is 0.264. The number of ether oxygens (including phenoxy) is 2. The smallest absolute Gasteiger partial charge is 0.436 e. The van der Waals surface area contributed by atoms with Gasteiger partial charge in [0.15, 0.2) is 10.8 Å². The summed E-state index contributed by atoms with van der Waals surface area (Å²) in [5.74, 6) is 1.23. The summed E-state index contributed by atoms with van der Waals surface area (Å²) in [7, 11) is 3.09. The van der Waals surface area contributed by atoms with E-state index in [1.807, 2.05) is 0 Å². The van der Waals surface area contributed by atoms with Crippen molar-refractivity contribution in [3.05, 3.63) is 34.6 Å². The molecule has 2 N–H and O–H groups in total. The van der Waals surface area contributed by atoms with Crippen LogP contribution in [-0.4, -0.2) is 35.7 Å². The number of aromatic nitrogens is 2. The van der Waals surface area contributed by atoms with Gasteiger partial charge in [-0.05, 0) is 37.7 Å². The summed E-state index contributed by atoms with van der Waals surface area (Å²) in [6, 6.07) is 5.24. The number of hydrogen-bond donors (Lipinski definition) is 2. The van der Waals surface area contributed by atoms with Crippen LogP contribution in [-0.2, 0) is 12.7 Å². The maximum absolute atomic E-state index is 12.8. The Kier molecular flexibility index (Phi) is 7.36. The van der Waals surface area contributed by atoms with Gasteiger partial charge in [0.2, 0.25) is 0 Å². The second-order valence-electron chi connectivity index (χ2n) is 5.77. The van der Waals surface area contributed by atoms with Crippen LogP contribution < -0.4 is 20.1 Å². The molecule has 28 heavy (non-hydrogen) atoms. The van der Waals surface area contributed by atoms with Crippen molar-refractivity contribution in [1.29, 1.82) is 0 Å². The Balaban J connectivity index is 1.89. The second-order valence-corrected chi connectivity index (χ2v) is 6.56. The lowest BCUT2D eigenvalue weighted by Crippen LogP contribution is -2.30. The molecule has 0 fully saturated rings. The van der Waals surface area contributed by atoms with E-state index in [1.54, 1.807) is 25.3 Å². The van der Waals surface area contributed by atoms with E-state index in [9.17, 15) is 13.2 Å². The van der Waals surface area contributed by atoms with E-state index in [0.29, 0.717) is 35.3 Å². The van der Waals surface area contributed by atoms with E-state index in [1.165, 1.54) is 18.7 Å². The number of halogens is 4. The number of methoxy groups -OCH3 is 2. The Bertz CT molecular complexity index is 843. The van der Waals surface area contributed by atoms with Gasteiger partial charge >= 0.3 is 6.18 Å². The van der Waals surface area contributed by atoms with E-state index in [0.717, 1.165) is 0 Å². The first-order valence-electron chi connectivity index (χ1n) is 8.24. The zero-order valence-electron chi connectivity index (χ0n) is 15.5. The zero-order chi connectivity index (χ0) is 20.9. The normalized spacial score (nSPS) is 11.2. The molecule has 0 aliphatic heterocycles. The minimum Gasteiger partial charge on any atom is -0.497 e. The van der Waals surface area contributed by atoms with Crippen LogP contribution in [0.25, 0.3) is 0 Å². The summed E-state index contributed by atoms with van der Waals surface area (Å²) in [6.07, 6.45) is -4.08. The molecule has 11 heteroatoms. The molecule has 1 aromatic carbocycles. The molecule has 0 atom stereocenters. The lowest BCUT2D eigenvalue weighted by atomic mass is 10.2. The van der Waals surface area contributed by atoms with Crippen molar-refractivity contribution in [2.75, 3.05) is 26.1 Å². The number of nitrogens with one attached hydrogen (secondary N) is 2. The van der Waals surface area contributed by atoms with E-state index in [4.69, 9.17) is 33.3 Å². The van der Waals surface area contributed by atoms with Crippen molar-refractivity contribution in [2.45, 2.75) is 26.1 Å². The van der Waals surface area contributed by atoms with Crippen LogP contribution in [0.4, 0.5) is 18.9 Å². The number of anilines is 1. The van der Waals surface area contributed by atoms with Crippen LogP contribution in [0, 0.1) is 6.92 Å². The summed E-state index contributed by atoms with van der Waals surface area (Å²) in [6.45, 7) is 2.19. The summed E-state index contributed by atoms with van der Waals surface area (Å²) in [5, 5.41) is 9.52. The molecule has 6 nitrogen and oxygen atoms in total. The van der Waals surface area contributed by atoms with E-state index in [-0.39, 0.29) is 17.3 Å². The van der Waals surface area contributed by atoms with Gasteiger partial charge in [-0.25, -0.2) is 0 Å². The van der Waals surface area contributed by atoms with Gasteiger partial charge < -0.3 is 20.1 Å². The van der Waals surface area contributed by atoms with Gasteiger partial charge in [0, 0.05) is 19.2 Å². The first-order chi connectivity index (χ1) is 13.2. The van der Waals surface area contributed by atoms with Gasteiger partial charge in [0.05, 0.1) is 30.6 Å². The first kappa shape index (κ1) is 22.1. The third kappa shape index (κ3) is 5.41. The molecular weight excluding hydrogens is 417 g/mol. The highest BCUT2D eigenvalue weighted by Gasteiger charge is 2.38. The first-order valence-corrected chi connectivity index (χ1v) is 9.03. The van der Waals surface area contributed by atoms with Crippen LogP contribution in [0.5, 0.6) is 11.5 Å². The Labute approximate surface area is 171 Å². The van der Waals surface area contributed by atoms with Crippen molar-refractivity contribution in [2.24, 2.45) is 0 Å². The molecule has 2 rings (SSSR count). The minimum atomic E-state index is -4.58. The van der Waals surface area contributed by atoms with Crippen LogP contribution >= 0.6 is 23.8 Å². The molecule has 154 valence electrons. The molecule has 2 aromatic rings. The summed E-state index contributed by atoms with van der Waals surface area (Å²) in [4.78, 5) is 0. The number of thiocarbonyl (C=S) groups is 1. The van der Waals surface area contributed by atoms with Crippen molar-refractivity contribution in [3.8, 4) is 11.5 Å². The monoisotopic (exact) mass is 436 g/mol. The number of alkyl halides is 3. The van der Waals surface area contributed by atoms with Crippen molar-refractivity contribution in [3.63, 3.8) is 0 Å². The molecule has 0 aliphatic carbocycles. The average Bonchev–Trinajstić information content (AvgIpc) is 2.93. The fraction of sp³-hybridized carbons (Fsp3) is 0.412. The van der Waals surface area contributed by atoms with Gasteiger partial charge in [0.1, 0.15) is 11.5 Å². The van der Waals surface area contributed by atoms with Crippen LogP contribution in [0.3, 0.4) is 0 Å². The molecule has 0 unspecified atom stereocenters. The summed E-state index contributed by atoms with van der Waals surface area (Å²) >= 11 is 11.0. The molecule has 0 saturated heterocycles. The van der Waals surface area contributed by atoms with Crippen molar-refractivity contribution < 1.29 is 22.6 Å². The third-order valence-corrected chi connectivity index (χ3v) is 4.59. The molecule has 0 radical (unpaired) electrons. The average molecular weight is 437 g/mol. The van der Waals surface area contributed by atoms with Crippen LogP contribution in [0.15, 0.2) is 18.2 Å². The second kappa shape index (κ2) is 9.33. The van der Waals surface area contributed by atoms with Gasteiger partial charge in [-0.2, -0.15) is 18.3 Å². The zero-order valence-corrected chi connectivity index (χ0v) is 17.1. The Morgan fingerprint density at radius 1 is 1.29 bits per heavy atom. The number of nitrogens with zero attached hydrogens (tertiary/aromatic N) is 2. The fourth-order valence-corrected chi connectivity index (χ4v) is 2.89. The molecule has 0 aliphatic rings. The number of benzene rings is 1.